The summed E-state index contributed by atoms with van der Waals surface area (Å²) in [7, 11) is 2.15. The highest BCUT2D eigenvalue weighted by Crippen LogP contribution is 2.46. The first-order valence-electron chi connectivity index (χ1n) is 10.6. The number of rotatable bonds is 1. The number of aromatic nitrogens is 1. The number of hydrogen-bond donors (Lipinski definition) is 1. The Morgan fingerprint density at radius 3 is 2.54 bits per heavy atom. The van der Waals surface area contributed by atoms with E-state index in [2.05, 4.69) is 34.0 Å². The molecule has 1 amide bonds. The standard InChI is InChI=1S/C23H29N3O2/c1-23(2)17-13-18-16(15-6-4-5-7-20(27)21(15)24-18)12-19(17)26(22(23)28)14-8-10-25(3)11-9-14/h12-14,24H,4-11H2,1-3H3. The van der Waals surface area contributed by atoms with Gasteiger partial charge in [0.25, 0.3) is 0 Å². The lowest BCUT2D eigenvalue weighted by Gasteiger charge is -2.36. The van der Waals surface area contributed by atoms with Gasteiger partial charge in [-0.2, -0.15) is 0 Å². The number of aromatic amines is 1. The third kappa shape index (κ3) is 2.48. The highest BCUT2D eigenvalue weighted by Gasteiger charge is 2.47. The molecule has 1 saturated heterocycles. The molecule has 3 heterocycles. The second-order valence-corrected chi connectivity index (χ2v) is 9.36. The van der Waals surface area contributed by atoms with Gasteiger partial charge < -0.3 is 14.8 Å². The van der Waals surface area contributed by atoms with E-state index < -0.39 is 5.41 Å². The third-order valence-corrected chi connectivity index (χ3v) is 7.12. The van der Waals surface area contributed by atoms with Crippen molar-refractivity contribution < 1.29 is 9.59 Å². The molecule has 0 radical (unpaired) electrons. The molecule has 0 atom stereocenters. The summed E-state index contributed by atoms with van der Waals surface area (Å²) in [4.78, 5) is 33.8. The predicted octanol–water partition coefficient (Wildman–Crippen LogP) is 3.80. The molecule has 148 valence electrons. The number of Topliss-reactive ketones (excluding diaryl/α,β-unsaturated/α-hetero) is 1. The Bertz CT molecular complexity index is 979. The maximum atomic E-state index is 13.4. The van der Waals surface area contributed by atoms with Crippen LogP contribution in [0.4, 0.5) is 5.69 Å². The van der Waals surface area contributed by atoms with Gasteiger partial charge in [-0.15, -0.1) is 0 Å². The molecule has 5 heteroatoms. The number of nitrogens with zero attached hydrogens (tertiary/aromatic N) is 2. The number of aryl methyl sites for hydroxylation is 1. The van der Waals surface area contributed by atoms with Crippen LogP contribution < -0.4 is 4.90 Å². The van der Waals surface area contributed by atoms with Gasteiger partial charge in [0.05, 0.1) is 11.1 Å². The summed E-state index contributed by atoms with van der Waals surface area (Å²) < 4.78 is 0. The van der Waals surface area contributed by atoms with E-state index in [1.54, 1.807) is 0 Å². The van der Waals surface area contributed by atoms with Crippen LogP contribution in [0.3, 0.4) is 0 Å². The smallest absolute Gasteiger partial charge is 0.237 e. The van der Waals surface area contributed by atoms with Gasteiger partial charge in [-0.25, -0.2) is 0 Å². The zero-order valence-corrected chi connectivity index (χ0v) is 17.1. The van der Waals surface area contributed by atoms with Crippen LogP contribution in [0, 0.1) is 0 Å². The van der Waals surface area contributed by atoms with Gasteiger partial charge >= 0.3 is 0 Å². The first-order valence-corrected chi connectivity index (χ1v) is 10.6. The lowest BCUT2D eigenvalue weighted by molar-refractivity contribution is -0.122. The van der Waals surface area contributed by atoms with Crippen molar-refractivity contribution in [2.24, 2.45) is 0 Å². The minimum Gasteiger partial charge on any atom is -0.352 e. The van der Waals surface area contributed by atoms with Crippen LogP contribution in [-0.2, 0) is 16.6 Å². The van der Waals surface area contributed by atoms with E-state index in [9.17, 15) is 9.59 Å². The number of piperidine rings is 1. The number of amides is 1. The normalized spacial score (nSPS) is 23.2. The zero-order chi connectivity index (χ0) is 19.6. The van der Waals surface area contributed by atoms with Crippen molar-refractivity contribution in [3.05, 3.63) is 29.0 Å². The number of likely N-dealkylation sites (tertiary alicyclic amines) is 1. The summed E-state index contributed by atoms with van der Waals surface area (Å²) in [5, 5.41) is 1.13. The molecular formula is C23H29N3O2. The number of H-pyrrole nitrogens is 1. The molecule has 1 N–H and O–H groups in total. The van der Waals surface area contributed by atoms with Gasteiger partial charge in [0.1, 0.15) is 0 Å². The molecule has 2 aromatic rings. The Hall–Kier alpha value is -2.14. The van der Waals surface area contributed by atoms with E-state index in [4.69, 9.17) is 0 Å². The van der Waals surface area contributed by atoms with Gasteiger partial charge in [0.2, 0.25) is 5.91 Å². The van der Waals surface area contributed by atoms with Gasteiger partial charge in [0.15, 0.2) is 5.78 Å². The topological polar surface area (TPSA) is 56.4 Å². The van der Waals surface area contributed by atoms with Crippen molar-refractivity contribution in [2.75, 3.05) is 25.0 Å². The number of benzene rings is 1. The quantitative estimate of drug-likeness (QED) is 0.767. The largest absolute Gasteiger partial charge is 0.352 e. The van der Waals surface area contributed by atoms with Crippen molar-refractivity contribution in [1.29, 1.82) is 0 Å². The maximum Gasteiger partial charge on any atom is 0.237 e. The zero-order valence-electron chi connectivity index (χ0n) is 17.1. The van der Waals surface area contributed by atoms with Gasteiger partial charge in [-0.1, -0.05) is 0 Å². The Labute approximate surface area is 166 Å². The van der Waals surface area contributed by atoms with Gasteiger partial charge in [-0.3, -0.25) is 9.59 Å². The van der Waals surface area contributed by atoms with E-state index in [1.807, 2.05) is 13.8 Å². The molecule has 1 aliphatic carbocycles. The molecule has 1 aromatic carbocycles. The van der Waals surface area contributed by atoms with Crippen LogP contribution in [0.1, 0.15) is 67.6 Å². The van der Waals surface area contributed by atoms with Gasteiger partial charge in [-0.05, 0) is 89.3 Å². The Morgan fingerprint density at radius 1 is 1.07 bits per heavy atom. The lowest BCUT2D eigenvalue weighted by Crippen LogP contribution is -2.47. The molecule has 0 spiro atoms. The Morgan fingerprint density at radius 2 is 1.79 bits per heavy atom. The van der Waals surface area contributed by atoms with Crippen molar-refractivity contribution in [1.82, 2.24) is 9.88 Å². The maximum absolute atomic E-state index is 13.4. The van der Waals surface area contributed by atoms with E-state index >= 15 is 0 Å². The summed E-state index contributed by atoms with van der Waals surface area (Å²) >= 11 is 0. The minimum absolute atomic E-state index is 0.215. The summed E-state index contributed by atoms with van der Waals surface area (Å²) in [6, 6.07) is 4.60. The summed E-state index contributed by atoms with van der Waals surface area (Å²) in [6.45, 7) is 6.13. The monoisotopic (exact) mass is 379 g/mol. The minimum atomic E-state index is -0.528. The summed E-state index contributed by atoms with van der Waals surface area (Å²) in [5.74, 6) is 0.443. The fourth-order valence-electron chi connectivity index (χ4n) is 5.34. The first-order chi connectivity index (χ1) is 13.4. The highest BCUT2D eigenvalue weighted by molar-refractivity contribution is 6.11. The molecule has 0 bridgehead atoms. The summed E-state index contributed by atoms with van der Waals surface area (Å²) in [6.07, 6.45) is 5.60. The molecule has 2 aliphatic heterocycles. The number of carbonyl (C=O) groups is 2. The SMILES string of the molecule is CN1CCC(N2C(=O)C(C)(C)c3cc4[nH]c5c(c4cc32)CCCCC5=O)CC1. The molecule has 5 nitrogen and oxygen atoms in total. The van der Waals surface area contributed by atoms with E-state index in [1.165, 1.54) is 0 Å². The molecule has 0 saturated carbocycles. The second-order valence-electron chi connectivity index (χ2n) is 9.36. The van der Waals surface area contributed by atoms with Crippen molar-refractivity contribution in [2.45, 2.75) is 63.8 Å². The molecule has 1 fully saturated rings. The summed E-state index contributed by atoms with van der Waals surface area (Å²) in [5.41, 5.74) is 4.58. The van der Waals surface area contributed by atoms with Crippen LogP contribution in [-0.4, -0.2) is 47.8 Å². The van der Waals surface area contributed by atoms with Crippen LogP contribution in [0.15, 0.2) is 12.1 Å². The molecule has 5 rings (SSSR count). The first kappa shape index (κ1) is 17.9. The van der Waals surface area contributed by atoms with Crippen LogP contribution >= 0.6 is 0 Å². The Balaban J connectivity index is 1.66. The van der Waals surface area contributed by atoms with Crippen molar-refractivity contribution in [3.63, 3.8) is 0 Å². The number of carbonyl (C=O) groups excluding carboxylic acids is 2. The van der Waals surface area contributed by atoms with Crippen molar-refractivity contribution in [3.8, 4) is 0 Å². The molecule has 3 aliphatic rings. The predicted molar refractivity (Wildman–Crippen MR) is 111 cm³/mol. The average Bonchev–Trinajstić information content (AvgIpc) is 3.03. The van der Waals surface area contributed by atoms with Crippen LogP contribution in [0.5, 0.6) is 0 Å². The number of hydrogen-bond acceptors (Lipinski definition) is 3. The van der Waals surface area contributed by atoms with Crippen LogP contribution in [0.25, 0.3) is 10.9 Å². The van der Waals surface area contributed by atoms with E-state index in [-0.39, 0.29) is 17.7 Å². The van der Waals surface area contributed by atoms with E-state index in [0.717, 1.165) is 78.6 Å². The third-order valence-electron chi connectivity index (χ3n) is 7.12. The number of ketones is 1. The highest BCUT2D eigenvalue weighted by atomic mass is 16.2. The molecule has 28 heavy (non-hydrogen) atoms. The average molecular weight is 380 g/mol. The fraction of sp³-hybridized carbons (Fsp3) is 0.565. The Kier molecular flexibility index (Phi) is 3.96. The lowest BCUT2D eigenvalue weighted by atomic mass is 9.85. The second kappa shape index (κ2) is 6.18. The number of anilines is 1. The van der Waals surface area contributed by atoms with Crippen molar-refractivity contribution >= 4 is 28.3 Å². The van der Waals surface area contributed by atoms with Crippen LogP contribution in [0.2, 0.25) is 0 Å². The molecule has 1 aromatic heterocycles. The molecular weight excluding hydrogens is 350 g/mol. The van der Waals surface area contributed by atoms with E-state index in [0.29, 0.717) is 6.42 Å². The molecule has 0 unspecified atom stereocenters. The fourth-order valence-corrected chi connectivity index (χ4v) is 5.34. The number of nitrogens with one attached hydrogen (secondary N) is 1. The number of fused-ring (bicyclic) bond motifs is 4. The van der Waals surface area contributed by atoms with Gasteiger partial charge in [0, 0.05) is 29.1 Å².